The van der Waals surface area contributed by atoms with Crippen molar-refractivity contribution in [3.05, 3.63) is 18.2 Å². The first-order chi connectivity index (χ1) is 10.8. The van der Waals surface area contributed by atoms with Gasteiger partial charge in [-0.15, -0.1) is 0 Å². The Hall–Kier alpha value is -1.80. The standard InChI is InChI=1S/C15H23FN4O3/c1-15(2)10-20(14-17-5-11(16)6-18-14)7-12(23-15)8-22-9-13(21)19(3)4/h5-6,12H,7-10H2,1-4H3/t12-/m0/s1. The van der Waals surface area contributed by atoms with E-state index in [-0.39, 0.29) is 18.6 Å². The number of aromatic nitrogens is 2. The molecular weight excluding hydrogens is 303 g/mol. The summed E-state index contributed by atoms with van der Waals surface area (Å²) in [7, 11) is 3.36. The lowest BCUT2D eigenvalue weighted by atomic mass is 10.1. The third-order valence-electron chi connectivity index (χ3n) is 3.40. The average Bonchev–Trinajstić information content (AvgIpc) is 2.46. The molecule has 7 nitrogen and oxygen atoms in total. The predicted octanol–water partition coefficient (Wildman–Crippen LogP) is 0.704. The first-order valence-electron chi connectivity index (χ1n) is 7.45. The number of amides is 1. The molecule has 1 aromatic heterocycles. The van der Waals surface area contributed by atoms with Crippen molar-refractivity contribution in [3.63, 3.8) is 0 Å². The summed E-state index contributed by atoms with van der Waals surface area (Å²) in [5.74, 6) is -0.112. The molecule has 2 heterocycles. The molecule has 8 heteroatoms. The third-order valence-corrected chi connectivity index (χ3v) is 3.40. The number of carbonyl (C=O) groups excluding carboxylic acids is 1. The third kappa shape index (κ3) is 5.11. The molecule has 0 aliphatic carbocycles. The van der Waals surface area contributed by atoms with Crippen LogP contribution in [0.3, 0.4) is 0 Å². The van der Waals surface area contributed by atoms with Crippen molar-refractivity contribution in [1.29, 1.82) is 0 Å². The molecule has 23 heavy (non-hydrogen) atoms. The number of nitrogens with zero attached hydrogens (tertiary/aromatic N) is 4. The van der Waals surface area contributed by atoms with Gasteiger partial charge in [-0.1, -0.05) is 0 Å². The molecule has 1 atom stereocenters. The van der Waals surface area contributed by atoms with Gasteiger partial charge in [-0.05, 0) is 13.8 Å². The van der Waals surface area contributed by atoms with E-state index in [4.69, 9.17) is 9.47 Å². The van der Waals surface area contributed by atoms with Crippen LogP contribution in [0.1, 0.15) is 13.8 Å². The van der Waals surface area contributed by atoms with Crippen LogP contribution in [0.25, 0.3) is 0 Å². The number of hydrogen-bond acceptors (Lipinski definition) is 6. The Morgan fingerprint density at radius 2 is 2.13 bits per heavy atom. The second-order valence-corrected chi connectivity index (χ2v) is 6.38. The molecule has 2 rings (SSSR count). The highest BCUT2D eigenvalue weighted by Crippen LogP contribution is 2.24. The van der Waals surface area contributed by atoms with Crippen LogP contribution < -0.4 is 4.90 Å². The Morgan fingerprint density at radius 1 is 1.48 bits per heavy atom. The lowest BCUT2D eigenvalue weighted by molar-refractivity contribution is -0.139. The van der Waals surface area contributed by atoms with Gasteiger partial charge in [0.05, 0.1) is 30.7 Å². The first-order valence-corrected chi connectivity index (χ1v) is 7.45. The van der Waals surface area contributed by atoms with Gasteiger partial charge < -0.3 is 19.3 Å². The summed E-state index contributed by atoms with van der Waals surface area (Å²) in [5, 5.41) is 0. The number of anilines is 1. The summed E-state index contributed by atoms with van der Waals surface area (Å²) >= 11 is 0. The highest BCUT2D eigenvalue weighted by atomic mass is 19.1. The molecule has 0 radical (unpaired) electrons. The number of likely N-dealkylation sites (N-methyl/N-ethyl adjacent to an activating group) is 1. The maximum Gasteiger partial charge on any atom is 0.248 e. The summed E-state index contributed by atoms with van der Waals surface area (Å²) in [6.45, 7) is 5.33. The zero-order valence-electron chi connectivity index (χ0n) is 14.0. The van der Waals surface area contributed by atoms with Crippen LogP contribution in [0.4, 0.5) is 10.3 Å². The minimum atomic E-state index is -0.469. The van der Waals surface area contributed by atoms with Crippen LogP contribution >= 0.6 is 0 Å². The van der Waals surface area contributed by atoms with E-state index in [1.54, 1.807) is 14.1 Å². The van der Waals surface area contributed by atoms with Crippen molar-refractivity contribution in [3.8, 4) is 0 Å². The summed E-state index contributed by atoms with van der Waals surface area (Å²) in [5.41, 5.74) is -0.421. The molecule has 0 spiro atoms. The summed E-state index contributed by atoms with van der Waals surface area (Å²) in [4.78, 5) is 23.0. The second-order valence-electron chi connectivity index (χ2n) is 6.38. The van der Waals surface area contributed by atoms with E-state index in [1.165, 1.54) is 4.90 Å². The molecular formula is C15H23FN4O3. The number of hydrogen-bond donors (Lipinski definition) is 0. The van der Waals surface area contributed by atoms with Gasteiger partial charge in [0.1, 0.15) is 6.61 Å². The Kier molecular flexibility index (Phi) is 5.48. The number of carbonyl (C=O) groups is 1. The number of ether oxygens (including phenoxy) is 2. The zero-order valence-corrected chi connectivity index (χ0v) is 14.0. The molecule has 1 saturated heterocycles. The molecule has 1 aliphatic rings. The zero-order chi connectivity index (χ0) is 17.0. The Balaban J connectivity index is 1.95. The van der Waals surface area contributed by atoms with E-state index >= 15 is 0 Å². The monoisotopic (exact) mass is 326 g/mol. The van der Waals surface area contributed by atoms with Gasteiger partial charge in [-0.25, -0.2) is 14.4 Å². The highest BCUT2D eigenvalue weighted by molar-refractivity contribution is 5.76. The molecule has 1 amide bonds. The quantitative estimate of drug-likeness (QED) is 0.794. The fourth-order valence-corrected chi connectivity index (χ4v) is 2.41. The van der Waals surface area contributed by atoms with Crippen molar-refractivity contribution in [2.24, 2.45) is 0 Å². The summed E-state index contributed by atoms with van der Waals surface area (Å²) in [6.07, 6.45) is 2.07. The maximum absolute atomic E-state index is 13.0. The van der Waals surface area contributed by atoms with Crippen LogP contribution in [-0.4, -0.2) is 72.9 Å². The fraction of sp³-hybridized carbons (Fsp3) is 0.667. The van der Waals surface area contributed by atoms with E-state index in [2.05, 4.69) is 9.97 Å². The Morgan fingerprint density at radius 3 is 2.74 bits per heavy atom. The first kappa shape index (κ1) is 17.6. The van der Waals surface area contributed by atoms with Gasteiger partial charge in [0.15, 0.2) is 5.82 Å². The van der Waals surface area contributed by atoms with Crippen LogP contribution in [0, 0.1) is 5.82 Å². The summed E-state index contributed by atoms with van der Waals surface area (Å²) < 4.78 is 24.4. The number of morpholine rings is 1. The minimum Gasteiger partial charge on any atom is -0.369 e. The highest BCUT2D eigenvalue weighted by Gasteiger charge is 2.34. The molecule has 1 fully saturated rings. The van der Waals surface area contributed by atoms with Gasteiger partial charge in [0.2, 0.25) is 11.9 Å². The molecule has 0 N–H and O–H groups in total. The molecule has 0 aromatic carbocycles. The van der Waals surface area contributed by atoms with Crippen LogP contribution in [0.15, 0.2) is 12.4 Å². The number of rotatable bonds is 5. The van der Waals surface area contributed by atoms with Crippen molar-refractivity contribution in [1.82, 2.24) is 14.9 Å². The van der Waals surface area contributed by atoms with Gasteiger partial charge in [-0.3, -0.25) is 4.79 Å². The van der Waals surface area contributed by atoms with Gasteiger partial charge in [0.25, 0.3) is 0 Å². The lowest BCUT2D eigenvalue weighted by Crippen LogP contribution is -2.54. The SMILES string of the molecule is CN(C)C(=O)COC[C@@H]1CN(c2ncc(F)cn2)CC(C)(C)O1. The molecule has 0 bridgehead atoms. The van der Waals surface area contributed by atoms with Crippen LogP contribution in [0.5, 0.6) is 0 Å². The van der Waals surface area contributed by atoms with Crippen molar-refractivity contribution in [2.75, 3.05) is 45.3 Å². The van der Waals surface area contributed by atoms with Crippen LogP contribution in [-0.2, 0) is 14.3 Å². The largest absolute Gasteiger partial charge is 0.369 e. The molecule has 128 valence electrons. The van der Waals surface area contributed by atoms with E-state index in [1.807, 2.05) is 18.7 Å². The van der Waals surface area contributed by atoms with Gasteiger partial charge >= 0.3 is 0 Å². The molecule has 0 unspecified atom stereocenters. The van der Waals surface area contributed by atoms with Crippen molar-refractivity contribution >= 4 is 11.9 Å². The Labute approximate surface area is 135 Å². The average molecular weight is 326 g/mol. The van der Waals surface area contributed by atoms with E-state index in [0.29, 0.717) is 25.6 Å². The molecule has 1 aromatic rings. The Bertz CT molecular complexity index is 536. The lowest BCUT2D eigenvalue weighted by Gasteiger charge is -2.42. The van der Waals surface area contributed by atoms with E-state index < -0.39 is 11.4 Å². The normalized spacial score (nSPS) is 20.4. The maximum atomic E-state index is 13.0. The molecule has 1 aliphatic heterocycles. The second kappa shape index (κ2) is 7.18. The summed E-state index contributed by atoms with van der Waals surface area (Å²) in [6, 6.07) is 0. The van der Waals surface area contributed by atoms with E-state index in [9.17, 15) is 9.18 Å². The predicted molar refractivity (Wildman–Crippen MR) is 82.7 cm³/mol. The van der Waals surface area contributed by atoms with Crippen molar-refractivity contribution < 1.29 is 18.7 Å². The van der Waals surface area contributed by atoms with Gasteiger partial charge in [-0.2, -0.15) is 0 Å². The van der Waals surface area contributed by atoms with E-state index in [0.717, 1.165) is 12.4 Å². The smallest absolute Gasteiger partial charge is 0.248 e. The topological polar surface area (TPSA) is 67.8 Å². The fourth-order valence-electron chi connectivity index (χ4n) is 2.41. The van der Waals surface area contributed by atoms with Crippen molar-refractivity contribution in [2.45, 2.75) is 25.6 Å². The van der Waals surface area contributed by atoms with Crippen LogP contribution in [0.2, 0.25) is 0 Å². The minimum absolute atomic E-state index is 0.0142. The number of halogens is 1. The molecule has 0 saturated carbocycles. The van der Waals surface area contributed by atoms with Gasteiger partial charge in [0, 0.05) is 27.2 Å².